The van der Waals surface area contributed by atoms with E-state index in [4.69, 9.17) is 5.73 Å². The molecule has 4 heteroatoms. The summed E-state index contributed by atoms with van der Waals surface area (Å²) in [4.78, 5) is 13.0. The Morgan fingerprint density at radius 2 is 2.31 bits per heavy atom. The van der Waals surface area contributed by atoms with Crippen LogP contribution >= 0.6 is 11.3 Å². The summed E-state index contributed by atoms with van der Waals surface area (Å²) in [5.74, 6) is 0.103. The molecule has 0 aliphatic rings. The highest BCUT2D eigenvalue weighted by atomic mass is 32.1. The molecular weight excluding hydrogens is 220 g/mol. The lowest BCUT2D eigenvalue weighted by molar-refractivity contribution is 0.0915. The second-order valence-corrected chi connectivity index (χ2v) is 4.65. The van der Waals surface area contributed by atoms with Gasteiger partial charge in [-0.2, -0.15) is 0 Å². The molecule has 0 spiro atoms. The molecule has 0 saturated heterocycles. The van der Waals surface area contributed by atoms with Crippen LogP contribution in [0.2, 0.25) is 0 Å². The maximum absolute atomic E-state index is 11.9. The first kappa shape index (κ1) is 11.1. The highest BCUT2D eigenvalue weighted by molar-refractivity contribution is 7.10. The van der Waals surface area contributed by atoms with Crippen LogP contribution < -0.4 is 5.73 Å². The van der Waals surface area contributed by atoms with Gasteiger partial charge in [-0.25, -0.2) is 0 Å². The molecule has 0 aliphatic carbocycles. The van der Waals surface area contributed by atoms with E-state index >= 15 is 0 Å². The highest BCUT2D eigenvalue weighted by Gasteiger charge is 2.07. The number of carbonyl (C=O) groups is 1. The molecule has 3 nitrogen and oxygen atoms in total. The maximum Gasteiger partial charge on any atom is 0.235 e. The monoisotopic (exact) mass is 234 g/mol. The third-order valence-corrected chi connectivity index (χ3v) is 3.26. The predicted octanol–water partition coefficient (Wildman–Crippen LogP) is 1.93. The number of thiophene rings is 1. The Balaban J connectivity index is 2.03. The van der Waals surface area contributed by atoms with Crippen molar-refractivity contribution in [3.63, 3.8) is 0 Å². The van der Waals surface area contributed by atoms with Crippen molar-refractivity contribution in [1.82, 2.24) is 4.57 Å². The lowest BCUT2D eigenvalue weighted by Crippen LogP contribution is -2.10. The fourth-order valence-electron chi connectivity index (χ4n) is 1.56. The van der Waals surface area contributed by atoms with Crippen molar-refractivity contribution in [2.75, 3.05) is 6.54 Å². The highest BCUT2D eigenvalue weighted by Crippen LogP contribution is 2.11. The van der Waals surface area contributed by atoms with Gasteiger partial charge in [-0.15, -0.1) is 11.3 Å². The van der Waals surface area contributed by atoms with Gasteiger partial charge in [-0.3, -0.25) is 9.36 Å². The molecule has 0 bridgehead atoms. The number of nitrogens with two attached hydrogens (primary N) is 1. The van der Waals surface area contributed by atoms with Crippen molar-refractivity contribution >= 4 is 17.2 Å². The van der Waals surface area contributed by atoms with E-state index in [0.29, 0.717) is 13.0 Å². The quantitative estimate of drug-likeness (QED) is 0.878. The van der Waals surface area contributed by atoms with Gasteiger partial charge in [0.05, 0.1) is 6.42 Å². The van der Waals surface area contributed by atoms with Crippen LogP contribution in [0.5, 0.6) is 0 Å². The van der Waals surface area contributed by atoms with E-state index < -0.39 is 0 Å². The average Bonchev–Trinajstić information content (AvgIpc) is 2.89. The first-order valence-electron chi connectivity index (χ1n) is 5.22. The van der Waals surface area contributed by atoms with Gasteiger partial charge in [0.15, 0.2) is 0 Å². The zero-order valence-corrected chi connectivity index (χ0v) is 9.74. The van der Waals surface area contributed by atoms with Crippen LogP contribution in [0.15, 0.2) is 36.0 Å². The van der Waals surface area contributed by atoms with Gasteiger partial charge in [-0.05, 0) is 36.0 Å². The molecule has 0 aromatic carbocycles. The molecule has 0 radical (unpaired) electrons. The number of aromatic nitrogens is 1. The van der Waals surface area contributed by atoms with E-state index in [0.717, 1.165) is 16.9 Å². The first-order chi connectivity index (χ1) is 7.79. The molecule has 84 valence electrons. The summed E-state index contributed by atoms with van der Waals surface area (Å²) >= 11 is 1.61. The van der Waals surface area contributed by atoms with Crippen molar-refractivity contribution in [3.8, 4) is 0 Å². The molecule has 0 saturated carbocycles. The van der Waals surface area contributed by atoms with Crippen LogP contribution in [0.1, 0.15) is 15.2 Å². The second kappa shape index (κ2) is 5.09. The lowest BCUT2D eigenvalue weighted by Gasteiger charge is -1.99. The van der Waals surface area contributed by atoms with E-state index in [2.05, 4.69) is 0 Å². The Morgan fingerprint density at radius 3 is 3.00 bits per heavy atom. The molecule has 2 aromatic rings. The zero-order chi connectivity index (χ0) is 11.4. The first-order valence-corrected chi connectivity index (χ1v) is 6.10. The summed E-state index contributed by atoms with van der Waals surface area (Å²) in [6, 6.07) is 5.88. The number of hydrogen-bond donors (Lipinski definition) is 1. The van der Waals surface area contributed by atoms with E-state index in [-0.39, 0.29) is 5.91 Å². The molecule has 2 N–H and O–H groups in total. The van der Waals surface area contributed by atoms with Crippen LogP contribution in [-0.2, 0) is 12.8 Å². The molecule has 2 heterocycles. The fraction of sp³-hybridized carbons (Fsp3) is 0.250. The minimum atomic E-state index is 0.103. The van der Waals surface area contributed by atoms with Gasteiger partial charge in [0, 0.05) is 17.3 Å². The Morgan fingerprint density at radius 1 is 1.44 bits per heavy atom. The largest absolute Gasteiger partial charge is 0.330 e. The number of carbonyl (C=O) groups excluding carboxylic acids is 1. The predicted molar refractivity (Wildman–Crippen MR) is 65.8 cm³/mol. The van der Waals surface area contributed by atoms with Crippen LogP contribution in [0.25, 0.3) is 0 Å². The van der Waals surface area contributed by atoms with Crippen LogP contribution in [0, 0.1) is 0 Å². The molecule has 0 fully saturated rings. The van der Waals surface area contributed by atoms with E-state index in [9.17, 15) is 4.79 Å². The Labute approximate surface area is 98.5 Å². The Kier molecular flexibility index (Phi) is 3.54. The summed E-state index contributed by atoms with van der Waals surface area (Å²) < 4.78 is 1.64. The zero-order valence-electron chi connectivity index (χ0n) is 8.93. The van der Waals surface area contributed by atoms with Gasteiger partial charge in [-0.1, -0.05) is 6.07 Å². The molecular formula is C12H14N2OS. The van der Waals surface area contributed by atoms with Gasteiger partial charge in [0.1, 0.15) is 0 Å². The number of nitrogens with zero attached hydrogens (tertiary/aromatic N) is 1. The average molecular weight is 234 g/mol. The number of rotatable bonds is 4. The third-order valence-electron chi connectivity index (χ3n) is 2.38. The van der Waals surface area contributed by atoms with Crippen molar-refractivity contribution in [3.05, 3.63) is 46.4 Å². The van der Waals surface area contributed by atoms with Gasteiger partial charge in [0.25, 0.3) is 0 Å². The van der Waals surface area contributed by atoms with Crippen molar-refractivity contribution in [2.24, 2.45) is 5.73 Å². The summed E-state index contributed by atoms with van der Waals surface area (Å²) in [6.07, 6.45) is 4.96. The standard InChI is InChI=1S/C12H14N2OS/c13-5-3-10-4-6-14(9-10)12(15)8-11-2-1-7-16-11/h1-2,4,6-7,9H,3,5,8,13H2. The molecule has 2 rings (SSSR count). The maximum atomic E-state index is 11.9. The summed E-state index contributed by atoms with van der Waals surface area (Å²) in [6.45, 7) is 0.614. The van der Waals surface area contributed by atoms with Crippen LogP contribution in [0.3, 0.4) is 0 Å². The summed E-state index contributed by atoms with van der Waals surface area (Å²) in [5, 5.41) is 1.98. The van der Waals surface area contributed by atoms with Gasteiger partial charge < -0.3 is 5.73 Å². The molecule has 0 aliphatic heterocycles. The SMILES string of the molecule is NCCc1ccn(C(=O)Cc2cccs2)c1. The van der Waals surface area contributed by atoms with Crippen molar-refractivity contribution in [2.45, 2.75) is 12.8 Å². The van der Waals surface area contributed by atoms with Crippen molar-refractivity contribution in [1.29, 1.82) is 0 Å². The van der Waals surface area contributed by atoms with E-state index in [1.165, 1.54) is 0 Å². The molecule has 0 atom stereocenters. The Bertz CT molecular complexity index is 459. The van der Waals surface area contributed by atoms with Crippen molar-refractivity contribution < 1.29 is 4.79 Å². The Hall–Kier alpha value is -1.39. The van der Waals surface area contributed by atoms with E-state index in [1.807, 2.05) is 29.8 Å². The van der Waals surface area contributed by atoms with E-state index in [1.54, 1.807) is 22.1 Å². The third kappa shape index (κ3) is 2.59. The summed E-state index contributed by atoms with van der Waals surface area (Å²) in [7, 11) is 0. The smallest absolute Gasteiger partial charge is 0.235 e. The lowest BCUT2D eigenvalue weighted by atomic mass is 10.2. The minimum absolute atomic E-state index is 0.103. The minimum Gasteiger partial charge on any atom is -0.330 e. The number of hydrogen-bond acceptors (Lipinski definition) is 3. The van der Waals surface area contributed by atoms with Gasteiger partial charge >= 0.3 is 0 Å². The molecule has 16 heavy (non-hydrogen) atoms. The molecule has 0 amide bonds. The normalized spacial score (nSPS) is 10.6. The topological polar surface area (TPSA) is 48.0 Å². The molecule has 0 unspecified atom stereocenters. The van der Waals surface area contributed by atoms with Gasteiger partial charge in [0.2, 0.25) is 5.91 Å². The fourth-order valence-corrected chi connectivity index (χ4v) is 2.26. The molecule has 2 aromatic heterocycles. The summed E-state index contributed by atoms with van der Waals surface area (Å²) in [5.41, 5.74) is 6.58. The second-order valence-electron chi connectivity index (χ2n) is 3.62. The van der Waals surface area contributed by atoms with Crippen LogP contribution in [0.4, 0.5) is 0 Å². The van der Waals surface area contributed by atoms with Crippen LogP contribution in [-0.4, -0.2) is 17.0 Å².